The van der Waals surface area contributed by atoms with Crippen LogP contribution < -0.4 is 0 Å². The molecule has 0 fully saturated rings. The van der Waals surface area contributed by atoms with Crippen LogP contribution in [-0.2, 0) is 9.13 Å². The Balaban J connectivity index is 4.37. The molecule has 6 nitrogen and oxygen atoms in total. The lowest BCUT2D eigenvalue weighted by Crippen LogP contribution is -2.11. The Hall–Kier alpha value is -0.480. The molecule has 0 saturated heterocycles. The Morgan fingerprint density at radius 1 is 0.852 bits per heavy atom. The molecule has 158 valence electrons. The van der Waals surface area contributed by atoms with Gasteiger partial charge in [-0.05, 0) is 72.6 Å². The van der Waals surface area contributed by atoms with Crippen molar-refractivity contribution in [3.63, 3.8) is 0 Å². The van der Waals surface area contributed by atoms with E-state index in [1.807, 2.05) is 13.0 Å². The summed E-state index contributed by atoms with van der Waals surface area (Å²) in [4.78, 5) is 28.1. The maximum absolute atomic E-state index is 11.8. The molecule has 2 unspecified atom stereocenters. The number of aliphatic hydroxyl groups is 1. The predicted molar refractivity (Wildman–Crippen MR) is 112 cm³/mol. The summed E-state index contributed by atoms with van der Waals surface area (Å²) in [6.45, 7) is 8.34. The molecule has 0 bridgehead atoms. The Morgan fingerprint density at radius 2 is 1.33 bits per heavy atom. The van der Waals surface area contributed by atoms with Crippen molar-refractivity contribution in [2.24, 2.45) is 0 Å². The Kier molecular flexibility index (Phi) is 12.6. The summed E-state index contributed by atoms with van der Waals surface area (Å²) in [5, 5.41) is 7.23. The van der Waals surface area contributed by atoms with E-state index in [1.165, 1.54) is 16.7 Å². The zero-order chi connectivity index (χ0) is 21.1. The zero-order valence-corrected chi connectivity index (χ0v) is 18.8. The molecule has 0 aromatic carbocycles. The molecule has 0 spiro atoms. The monoisotopic (exact) mass is 422 g/mol. The highest BCUT2D eigenvalue weighted by Gasteiger charge is 2.42. The largest absolute Gasteiger partial charge is 0.386 e. The van der Waals surface area contributed by atoms with Crippen LogP contribution in [0.5, 0.6) is 0 Å². The van der Waals surface area contributed by atoms with E-state index in [1.54, 1.807) is 0 Å². The lowest BCUT2D eigenvalue weighted by molar-refractivity contribution is 0.321. The summed E-state index contributed by atoms with van der Waals surface area (Å²) in [7, 11) is -8.98. The lowest BCUT2D eigenvalue weighted by atomic mass is 10.1. The molecule has 27 heavy (non-hydrogen) atoms. The van der Waals surface area contributed by atoms with E-state index in [4.69, 9.17) is 5.11 Å². The number of allylic oxidation sites excluding steroid dienone is 6. The smallest absolute Gasteiger partial charge is 0.338 e. The van der Waals surface area contributed by atoms with E-state index in [0.717, 1.165) is 25.7 Å². The number of aliphatic hydroxyl groups excluding tert-OH is 1. The third-order valence-electron chi connectivity index (χ3n) is 4.34. The minimum Gasteiger partial charge on any atom is -0.386 e. The van der Waals surface area contributed by atoms with Gasteiger partial charge >= 0.3 is 7.60 Å². The van der Waals surface area contributed by atoms with E-state index in [9.17, 15) is 23.8 Å². The molecule has 8 heteroatoms. The summed E-state index contributed by atoms with van der Waals surface area (Å²) in [5.74, 6) is 0. The van der Waals surface area contributed by atoms with Crippen molar-refractivity contribution in [3.8, 4) is 0 Å². The SMILES string of the molecule is CC(C)=CCC/C(C)=C/CC/C(C)=C/CCCC(P(=O)(O)O)P(=O)(O)CO. The van der Waals surface area contributed by atoms with Gasteiger partial charge in [-0.3, -0.25) is 9.13 Å². The Morgan fingerprint density at radius 3 is 1.78 bits per heavy atom. The summed E-state index contributed by atoms with van der Waals surface area (Å²) in [5.41, 5.74) is 3.89. The molecule has 0 saturated carbocycles. The minimum absolute atomic E-state index is 0.0915. The lowest BCUT2D eigenvalue weighted by Gasteiger charge is -2.22. The van der Waals surface area contributed by atoms with Gasteiger partial charge in [-0.1, -0.05) is 34.9 Å². The number of unbranched alkanes of at least 4 members (excludes halogenated alkanes) is 1. The molecular weight excluding hydrogens is 386 g/mol. The van der Waals surface area contributed by atoms with Crippen molar-refractivity contribution < 1.29 is 28.9 Å². The fraction of sp³-hybridized carbons (Fsp3) is 0.684. The van der Waals surface area contributed by atoms with Crippen LogP contribution in [-0.4, -0.2) is 31.5 Å². The molecule has 0 radical (unpaired) electrons. The van der Waals surface area contributed by atoms with E-state index >= 15 is 0 Å². The predicted octanol–water partition coefficient (Wildman–Crippen LogP) is 5.30. The number of hydrogen-bond acceptors (Lipinski definition) is 3. The second kappa shape index (κ2) is 12.9. The third-order valence-corrected chi connectivity index (χ3v) is 8.95. The third kappa shape index (κ3) is 12.6. The summed E-state index contributed by atoms with van der Waals surface area (Å²) < 4.78 is 23.2. The highest BCUT2D eigenvalue weighted by Crippen LogP contribution is 2.63. The van der Waals surface area contributed by atoms with E-state index in [-0.39, 0.29) is 6.42 Å². The van der Waals surface area contributed by atoms with Gasteiger partial charge < -0.3 is 19.8 Å². The topological polar surface area (TPSA) is 115 Å². The van der Waals surface area contributed by atoms with Crippen LogP contribution >= 0.6 is 15.0 Å². The van der Waals surface area contributed by atoms with Crippen LogP contribution in [0, 0.1) is 0 Å². The van der Waals surface area contributed by atoms with Crippen molar-refractivity contribution in [1.82, 2.24) is 0 Å². The van der Waals surface area contributed by atoms with Crippen molar-refractivity contribution in [1.29, 1.82) is 0 Å². The fourth-order valence-corrected chi connectivity index (χ4v) is 6.08. The number of rotatable bonds is 13. The fourth-order valence-electron chi connectivity index (χ4n) is 2.69. The Bertz CT molecular complexity index is 626. The zero-order valence-electron chi connectivity index (χ0n) is 17.0. The van der Waals surface area contributed by atoms with Crippen molar-refractivity contribution in [2.75, 3.05) is 6.35 Å². The van der Waals surface area contributed by atoms with Gasteiger partial charge in [0.05, 0.1) is 0 Å². The first-order valence-electron chi connectivity index (χ1n) is 9.32. The number of hydrogen-bond donors (Lipinski definition) is 4. The van der Waals surface area contributed by atoms with Crippen LogP contribution in [0.15, 0.2) is 34.9 Å². The van der Waals surface area contributed by atoms with Crippen LogP contribution in [0.1, 0.15) is 72.6 Å². The minimum atomic E-state index is -4.73. The average Bonchev–Trinajstić information content (AvgIpc) is 2.52. The molecule has 0 aromatic heterocycles. The molecule has 0 aliphatic carbocycles. The molecule has 0 aromatic rings. The van der Waals surface area contributed by atoms with Gasteiger partial charge in [-0.15, -0.1) is 0 Å². The van der Waals surface area contributed by atoms with Gasteiger partial charge in [0, 0.05) is 0 Å². The van der Waals surface area contributed by atoms with Crippen molar-refractivity contribution in [2.45, 2.75) is 78.0 Å². The van der Waals surface area contributed by atoms with Crippen LogP contribution in [0.2, 0.25) is 0 Å². The van der Waals surface area contributed by atoms with Gasteiger partial charge in [0.1, 0.15) is 11.7 Å². The van der Waals surface area contributed by atoms with E-state index < -0.39 is 26.7 Å². The van der Waals surface area contributed by atoms with Crippen LogP contribution in [0.25, 0.3) is 0 Å². The molecule has 0 heterocycles. The highest BCUT2D eigenvalue weighted by atomic mass is 31.2. The molecule has 0 aliphatic heterocycles. The molecule has 0 aliphatic rings. The van der Waals surface area contributed by atoms with Gasteiger partial charge in [0.25, 0.3) is 0 Å². The van der Waals surface area contributed by atoms with Gasteiger partial charge in [-0.2, -0.15) is 0 Å². The maximum Gasteiger partial charge on any atom is 0.338 e. The molecule has 0 rings (SSSR count). The Labute approximate surface area is 163 Å². The quantitative estimate of drug-likeness (QED) is 0.182. The maximum atomic E-state index is 11.8. The first-order valence-corrected chi connectivity index (χ1v) is 12.9. The van der Waals surface area contributed by atoms with Gasteiger partial charge in [0.15, 0.2) is 0 Å². The van der Waals surface area contributed by atoms with Gasteiger partial charge in [0.2, 0.25) is 7.37 Å². The second-order valence-electron chi connectivity index (χ2n) is 7.36. The van der Waals surface area contributed by atoms with E-state index in [2.05, 4.69) is 32.9 Å². The van der Waals surface area contributed by atoms with Crippen LogP contribution in [0.4, 0.5) is 0 Å². The summed E-state index contributed by atoms with van der Waals surface area (Å²) in [6.07, 6.45) is 10.2. The molecule has 4 N–H and O–H groups in total. The first kappa shape index (κ1) is 26.5. The molecule has 2 atom stereocenters. The highest BCUT2D eigenvalue weighted by molar-refractivity contribution is 7.73. The molecule has 0 amide bonds. The van der Waals surface area contributed by atoms with Crippen LogP contribution in [0.3, 0.4) is 0 Å². The standard InChI is InChI=1S/C19H36O6P2/c1-16(2)9-7-11-18(4)13-8-12-17(3)10-5-6-14-19(27(23,24)25)26(21,22)15-20/h9-10,13,19-20H,5-8,11-12,14-15H2,1-4H3,(H,21,22)(H2,23,24,25)/b17-10+,18-13+. The average molecular weight is 422 g/mol. The normalized spacial score (nSPS) is 16.7. The van der Waals surface area contributed by atoms with Crippen molar-refractivity contribution >= 4 is 15.0 Å². The van der Waals surface area contributed by atoms with Crippen molar-refractivity contribution in [3.05, 3.63) is 34.9 Å². The van der Waals surface area contributed by atoms with E-state index in [0.29, 0.717) is 12.8 Å². The summed E-state index contributed by atoms with van der Waals surface area (Å²) in [6, 6.07) is 0. The first-order chi connectivity index (χ1) is 12.4. The molecular formula is C19H36O6P2. The van der Waals surface area contributed by atoms with Gasteiger partial charge in [-0.25, -0.2) is 0 Å². The summed E-state index contributed by atoms with van der Waals surface area (Å²) >= 11 is 0. The second-order valence-corrected chi connectivity index (χ2v) is 12.0.